The minimum absolute atomic E-state index is 0.180. The van der Waals surface area contributed by atoms with Crippen molar-refractivity contribution in [2.24, 2.45) is 11.3 Å². The highest BCUT2D eigenvalue weighted by atomic mass is 35.5. The van der Waals surface area contributed by atoms with E-state index in [-0.39, 0.29) is 11.3 Å². The minimum atomic E-state index is -0.321. The summed E-state index contributed by atoms with van der Waals surface area (Å²) in [6.07, 6.45) is 2.66. The number of amides is 1. The van der Waals surface area contributed by atoms with Gasteiger partial charge in [-0.15, -0.1) is 0 Å². The van der Waals surface area contributed by atoms with Crippen molar-refractivity contribution < 1.29 is 9.32 Å². The maximum Gasteiger partial charge on any atom is 0.278 e. The van der Waals surface area contributed by atoms with Crippen molar-refractivity contribution in [1.29, 1.82) is 0 Å². The van der Waals surface area contributed by atoms with Crippen molar-refractivity contribution in [3.63, 3.8) is 0 Å². The fourth-order valence-corrected chi connectivity index (χ4v) is 3.43. The molecular formula is C18H20Cl2N2O2. The Bertz CT molecular complexity index is 778. The van der Waals surface area contributed by atoms with Crippen molar-refractivity contribution in [2.45, 2.75) is 40.0 Å². The molecule has 0 radical (unpaired) electrons. The number of carbonyl (C=O) groups is 1. The Morgan fingerprint density at radius 3 is 2.79 bits per heavy atom. The smallest absolute Gasteiger partial charge is 0.278 e. The number of benzene rings is 1. The molecular weight excluding hydrogens is 347 g/mol. The molecule has 0 saturated carbocycles. The zero-order valence-electron chi connectivity index (χ0n) is 14.0. The standard InChI is InChI=1S/C18H20Cl2N2O2/c1-18(2,3)10-4-7-15-12(8-10)16(22-24-15)17(23)21-14-9-11(19)5-6-13(14)20/h5-6,9-10H,4,7-8H2,1-3H3,(H,21,23)/t10-/m0/s1. The normalized spacial score (nSPS) is 17.5. The van der Waals surface area contributed by atoms with Crippen molar-refractivity contribution in [1.82, 2.24) is 5.16 Å². The number of rotatable bonds is 2. The van der Waals surface area contributed by atoms with Gasteiger partial charge < -0.3 is 9.84 Å². The summed E-state index contributed by atoms with van der Waals surface area (Å²) in [6.45, 7) is 6.67. The molecule has 128 valence electrons. The third-order valence-electron chi connectivity index (χ3n) is 4.66. The van der Waals surface area contributed by atoms with Crippen LogP contribution in [0.5, 0.6) is 0 Å². The number of carbonyl (C=O) groups excluding carboxylic acids is 1. The second-order valence-corrected chi connectivity index (χ2v) is 8.16. The van der Waals surface area contributed by atoms with Gasteiger partial charge in [0.25, 0.3) is 5.91 Å². The van der Waals surface area contributed by atoms with Gasteiger partial charge in [-0.25, -0.2) is 0 Å². The Morgan fingerprint density at radius 2 is 2.08 bits per heavy atom. The highest BCUT2D eigenvalue weighted by Gasteiger charge is 2.34. The van der Waals surface area contributed by atoms with Crippen molar-refractivity contribution in [2.75, 3.05) is 5.32 Å². The van der Waals surface area contributed by atoms with E-state index in [1.165, 1.54) is 0 Å². The van der Waals surface area contributed by atoms with Crippen LogP contribution >= 0.6 is 23.2 Å². The van der Waals surface area contributed by atoms with E-state index in [1.807, 2.05) is 0 Å². The molecule has 0 spiro atoms. The summed E-state index contributed by atoms with van der Waals surface area (Å²) in [4.78, 5) is 12.6. The summed E-state index contributed by atoms with van der Waals surface area (Å²) in [6, 6.07) is 4.94. The molecule has 2 aromatic rings. The topological polar surface area (TPSA) is 55.1 Å². The van der Waals surface area contributed by atoms with E-state index in [9.17, 15) is 4.79 Å². The number of anilines is 1. The number of nitrogens with one attached hydrogen (secondary N) is 1. The molecule has 0 fully saturated rings. The minimum Gasteiger partial charge on any atom is -0.360 e. The van der Waals surface area contributed by atoms with E-state index in [4.69, 9.17) is 27.7 Å². The van der Waals surface area contributed by atoms with Crippen LogP contribution in [0, 0.1) is 11.3 Å². The Hall–Kier alpha value is -1.52. The monoisotopic (exact) mass is 366 g/mol. The van der Waals surface area contributed by atoms with E-state index in [1.54, 1.807) is 18.2 Å². The SMILES string of the molecule is CC(C)(C)[C@H]1CCc2onc(C(=O)Nc3cc(Cl)ccc3Cl)c2C1. The quantitative estimate of drug-likeness (QED) is 0.775. The van der Waals surface area contributed by atoms with Gasteiger partial charge in [-0.05, 0) is 42.4 Å². The van der Waals surface area contributed by atoms with E-state index in [0.29, 0.717) is 27.3 Å². The van der Waals surface area contributed by atoms with Crippen LogP contribution in [-0.2, 0) is 12.8 Å². The Kier molecular flexibility index (Phi) is 4.63. The second kappa shape index (κ2) is 6.41. The number of aryl methyl sites for hydroxylation is 1. The lowest BCUT2D eigenvalue weighted by Crippen LogP contribution is -2.27. The van der Waals surface area contributed by atoms with Gasteiger partial charge in [0.1, 0.15) is 5.76 Å². The first-order valence-corrected chi connectivity index (χ1v) is 8.75. The maximum absolute atomic E-state index is 12.6. The van der Waals surface area contributed by atoms with Gasteiger partial charge in [0, 0.05) is 17.0 Å². The summed E-state index contributed by atoms with van der Waals surface area (Å²) in [5, 5.41) is 7.71. The van der Waals surface area contributed by atoms with E-state index in [2.05, 4.69) is 31.2 Å². The molecule has 4 nitrogen and oxygen atoms in total. The second-order valence-electron chi connectivity index (χ2n) is 7.32. The average molecular weight is 367 g/mol. The molecule has 6 heteroatoms. The Morgan fingerprint density at radius 1 is 1.33 bits per heavy atom. The molecule has 0 saturated heterocycles. The lowest BCUT2D eigenvalue weighted by atomic mass is 9.71. The summed E-state index contributed by atoms with van der Waals surface area (Å²) in [5.41, 5.74) is 1.90. The largest absolute Gasteiger partial charge is 0.360 e. The predicted octanol–water partition coefficient (Wildman–Crippen LogP) is 5.38. The lowest BCUT2D eigenvalue weighted by Gasteiger charge is -2.33. The van der Waals surface area contributed by atoms with Gasteiger partial charge in [0.2, 0.25) is 0 Å². The molecule has 1 aromatic carbocycles. The number of halogens is 2. The number of fused-ring (bicyclic) bond motifs is 1. The van der Waals surface area contributed by atoms with Crippen LogP contribution in [0.1, 0.15) is 49.0 Å². The van der Waals surface area contributed by atoms with Crippen LogP contribution in [-0.4, -0.2) is 11.1 Å². The Labute approximate surface area is 151 Å². The molecule has 0 unspecified atom stereocenters. The van der Waals surface area contributed by atoms with Crippen LogP contribution in [0.2, 0.25) is 10.0 Å². The lowest BCUT2D eigenvalue weighted by molar-refractivity contribution is 0.101. The van der Waals surface area contributed by atoms with Crippen molar-refractivity contribution in [3.8, 4) is 0 Å². The summed E-state index contributed by atoms with van der Waals surface area (Å²) in [7, 11) is 0. The van der Waals surface area contributed by atoms with Gasteiger partial charge >= 0.3 is 0 Å². The van der Waals surface area contributed by atoms with Gasteiger partial charge in [-0.2, -0.15) is 0 Å². The van der Waals surface area contributed by atoms with E-state index >= 15 is 0 Å². The molecule has 0 aliphatic heterocycles. The molecule has 1 N–H and O–H groups in total. The van der Waals surface area contributed by atoms with Gasteiger partial charge in [-0.1, -0.05) is 49.1 Å². The fourth-order valence-electron chi connectivity index (χ4n) is 3.10. The number of hydrogen-bond donors (Lipinski definition) is 1. The molecule has 1 heterocycles. The molecule has 0 bridgehead atoms. The first-order chi connectivity index (χ1) is 11.3. The molecule has 1 aromatic heterocycles. The zero-order chi connectivity index (χ0) is 17.5. The molecule has 24 heavy (non-hydrogen) atoms. The fraction of sp³-hybridized carbons (Fsp3) is 0.444. The van der Waals surface area contributed by atoms with E-state index < -0.39 is 0 Å². The van der Waals surface area contributed by atoms with Gasteiger partial charge in [-0.3, -0.25) is 4.79 Å². The van der Waals surface area contributed by atoms with Gasteiger partial charge in [0.15, 0.2) is 5.69 Å². The van der Waals surface area contributed by atoms with Crippen LogP contribution in [0.4, 0.5) is 5.69 Å². The first kappa shape index (κ1) is 17.3. The molecule has 1 aliphatic carbocycles. The van der Waals surface area contributed by atoms with Crippen LogP contribution in [0.15, 0.2) is 22.7 Å². The molecule has 1 atom stereocenters. The first-order valence-electron chi connectivity index (χ1n) is 7.99. The highest BCUT2D eigenvalue weighted by molar-refractivity contribution is 6.35. The average Bonchev–Trinajstić information content (AvgIpc) is 2.93. The van der Waals surface area contributed by atoms with E-state index in [0.717, 1.165) is 30.6 Å². The van der Waals surface area contributed by atoms with Crippen LogP contribution < -0.4 is 5.32 Å². The maximum atomic E-state index is 12.6. The van der Waals surface area contributed by atoms with Gasteiger partial charge in [0.05, 0.1) is 10.7 Å². The molecule has 1 amide bonds. The summed E-state index contributed by atoms with van der Waals surface area (Å²) < 4.78 is 5.39. The number of aromatic nitrogens is 1. The highest BCUT2D eigenvalue weighted by Crippen LogP contribution is 2.38. The number of nitrogens with zero attached hydrogens (tertiary/aromatic N) is 1. The third kappa shape index (κ3) is 3.45. The van der Waals surface area contributed by atoms with Crippen LogP contribution in [0.25, 0.3) is 0 Å². The predicted molar refractivity (Wildman–Crippen MR) is 95.9 cm³/mol. The Balaban J connectivity index is 1.85. The molecule has 1 aliphatic rings. The third-order valence-corrected chi connectivity index (χ3v) is 5.22. The number of hydrogen-bond acceptors (Lipinski definition) is 3. The zero-order valence-corrected chi connectivity index (χ0v) is 15.5. The summed E-state index contributed by atoms with van der Waals surface area (Å²) in [5.74, 6) is 0.988. The van der Waals surface area contributed by atoms with Crippen LogP contribution in [0.3, 0.4) is 0 Å². The summed E-state index contributed by atoms with van der Waals surface area (Å²) >= 11 is 12.1. The van der Waals surface area contributed by atoms with Crippen molar-refractivity contribution in [3.05, 3.63) is 45.3 Å². The molecule has 3 rings (SSSR count). The van der Waals surface area contributed by atoms with Crippen molar-refractivity contribution >= 4 is 34.8 Å².